The first kappa shape index (κ1) is 11.3. The second kappa shape index (κ2) is 6.62. The van der Waals surface area contributed by atoms with Gasteiger partial charge >= 0.3 is 0 Å². The van der Waals surface area contributed by atoms with Crippen LogP contribution in [-0.4, -0.2) is 11.7 Å². The van der Waals surface area contributed by atoms with Gasteiger partial charge < -0.3 is 14.8 Å². The van der Waals surface area contributed by atoms with E-state index in [1.54, 1.807) is 0 Å². The maximum atomic E-state index is 8.78. The molecule has 1 aromatic rings. The first-order valence-corrected chi connectivity index (χ1v) is 5.26. The van der Waals surface area contributed by atoms with E-state index < -0.39 is 0 Å². The van der Waals surface area contributed by atoms with Crippen LogP contribution in [0.15, 0.2) is 16.5 Å². The van der Waals surface area contributed by atoms with Gasteiger partial charge in [0.2, 0.25) is 0 Å². The number of hydrogen-bond acceptors (Lipinski definition) is 3. The molecule has 0 aliphatic heterocycles. The van der Waals surface area contributed by atoms with Crippen molar-refractivity contribution in [1.82, 2.24) is 5.32 Å². The summed E-state index contributed by atoms with van der Waals surface area (Å²) >= 11 is 0. The van der Waals surface area contributed by atoms with Crippen LogP contribution in [0.25, 0.3) is 0 Å². The van der Waals surface area contributed by atoms with Gasteiger partial charge in [-0.3, -0.25) is 0 Å². The Labute approximate surface area is 85.1 Å². The standard InChI is InChI=1S/C11H19NO2/c1-2-3-4-7-12-8-10-5-6-11(9-13)14-10/h5-6,12-13H,2-4,7-9H2,1H3. The maximum Gasteiger partial charge on any atom is 0.129 e. The Morgan fingerprint density at radius 3 is 2.71 bits per heavy atom. The topological polar surface area (TPSA) is 45.4 Å². The van der Waals surface area contributed by atoms with E-state index in [4.69, 9.17) is 9.52 Å². The fourth-order valence-corrected chi connectivity index (χ4v) is 1.31. The number of aliphatic hydroxyl groups is 1. The average molecular weight is 197 g/mol. The highest BCUT2D eigenvalue weighted by molar-refractivity contribution is 5.05. The first-order valence-electron chi connectivity index (χ1n) is 5.26. The molecule has 0 aromatic carbocycles. The molecule has 3 nitrogen and oxygen atoms in total. The van der Waals surface area contributed by atoms with Crippen LogP contribution in [0.3, 0.4) is 0 Å². The van der Waals surface area contributed by atoms with Gasteiger partial charge in [0, 0.05) is 0 Å². The van der Waals surface area contributed by atoms with Crippen LogP contribution in [0.1, 0.15) is 37.7 Å². The zero-order chi connectivity index (χ0) is 10.2. The molecular formula is C11H19NO2. The second-order valence-electron chi connectivity index (χ2n) is 3.41. The highest BCUT2D eigenvalue weighted by atomic mass is 16.4. The lowest BCUT2D eigenvalue weighted by atomic mass is 10.2. The van der Waals surface area contributed by atoms with Crippen molar-refractivity contribution in [3.05, 3.63) is 23.7 Å². The predicted octanol–water partition coefficient (Wildman–Crippen LogP) is 2.05. The molecule has 1 rings (SSSR count). The molecule has 0 fully saturated rings. The van der Waals surface area contributed by atoms with Gasteiger partial charge in [0.15, 0.2) is 0 Å². The van der Waals surface area contributed by atoms with Crippen molar-refractivity contribution in [2.45, 2.75) is 39.3 Å². The third-order valence-electron chi connectivity index (χ3n) is 2.13. The SMILES string of the molecule is CCCCCNCc1ccc(CO)o1. The summed E-state index contributed by atoms with van der Waals surface area (Å²) < 4.78 is 5.33. The van der Waals surface area contributed by atoms with Gasteiger partial charge in [-0.1, -0.05) is 19.8 Å². The lowest BCUT2D eigenvalue weighted by Gasteiger charge is -2.01. The van der Waals surface area contributed by atoms with Gasteiger partial charge in [0.05, 0.1) is 6.54 Å². The molecule has 0 unspecified atom stereocenters. The Morgan fingerprint density at radius 1 is 1.29 bits per heavy atom. The van der Waals surface area contributed by atoms with Crippen molar-refractivity contribution in [1.29, 1.82) is 0 Å². The van der Waals surface area contributed by atoms with Gasteiger partial charge in [-0.25, -0.2) is 0 Å². The van der Waals surface area contributed by atoms with E-state index in [-0.39, 0.29) is 6.61 Å². The van der Waals surface area contributed by atoms with Gasteiger partial charge in [-0.2, -0.15) is 0 Å². The van der Waals surface area contributed by atoms with E-state index in [1.165, 1.54) is 19.3 Å². The molecule has 0 atom stereocenters. The molecule has 0 radical (unpaired) electrons. The van der Waals surface area contributed by atoms with E-state index in [9.17, 15) is 0 Å². The molecule has 3 heteroatoms. The Morgan fingerprint density at radius 2 is 2.07 bits per heavy atom. The van der Waals surface area contributed by atoms with Crippen LogP contribution < -0.4 is 5.32 Å². The minimum Gasteiger partial charge on any atom is -0.462 e. The first-order chi connectivity index (χ1) is 6.86. The van der Waals surface area contributed by atoms with E-state index >= 15 is 0 Å². The molecule has 1 heterocycles. The maximum absolute atomic E-state index is 8.78. The summed E-state index contributed by atoms with van der Waals surface area (Å²) in [6, 6.07) is 3.71. The molecule has 80 valence electrons. The van der Waals surface area contributed by atoms with Crippen LogP contribution in [0.2, 0.25) is 0 Å². The third kappa shape index (κ3) is 3.94. The van der Waals surface area contributed by atoms with E-state index in [2.05, 4.69) is 12.2 Å². The Bertz CT molecular complexity index is 245. The molecule has 0 bridgehead atoms. The third-order valence-corrected chi connectivity index (χ3v) is 2.13. The zero-order valence-electron chi connectivity index (χ0n) is 8.75. The van der Waals surface area contributed by atoms with Crippen molar-refractivity contribution in [3.63, 3.8) is 0 Å². The largest absolute Gasteiger partial charge is 0.462 e. The van der Waals surface area contributed by atoms with Crippen molar-refractivity contribution in [3.8, 4) is 0 Å². The van der Waals surface area contributed by atoms with Crippen molar-refractivity contribution < 1.29 is 9.52 Å². The van der Waals surface area contributed by atoms with Gasteiger partial charge in [-0.05, 0) is 25.1 Å². The number of hydrogen-bond donors (Lipinski definition) is 2. The minimum atomic E-state index is -0.0180. The fraction of sp³-hybridized carbons (Fsp3) is 0.636. The lowest BCUT2D eigenvalue weighted by Crippen LogP contribution is -2.13. The summed E-state index contributed by atoms with van der Waals surface area (Å²) in [5.41, 5.74) is 0. The number of unbranched alkanes of at least 4 members (excludes halogenated alkanes) is 2. The molecule has 0 spiro atoms. The van der Waals surface area contributed by atoms with Crippen LogP contribution in [0, 0.1) is 0 Å². The smallest absolute Gasteiger partial charge is 0.129 e. The summed E-state index contributed by atoms with van der Waals surface area (Å²) in [6.07, 6.45) is 3.73. The Kier molecular flexibility index (Phi) is 5.33. The summed E-state index contributed by atoms with van der Waals surface area (Å²) in [6.45, 7) is 3.96. The van der Waals surface area contributed by atoms with Crippen molar-refractivity contribution >= 4 is 0 Å². The minimum absolute atomic E-state index is 0.0180. The predicted molar refractivity (Wildman–Crippen MR) is 55.9 cm³/mol. The summed E-state index contributed by atoms with van der Waals surface area (Å²) in [7, 11) is 0. The van der Waals surface area contributed by atoms with Gasteiger partial charge in [0.1, 0.15) is 18.1 Å². The lowest BCUT2D eigenvalue weighted by molar-refractivity contribution is 0.243. The number of aliphatic hydroxyl groups excluding tert-OH is 1. The molecule has 14 heavy (non-hydrogen) atoms. The zero-order valence-corrected chi connectivity index (χ0v) is 8.75. The quantitative estimate of drug-likeness (QED) is 0.658. The van der Waals surface area contributed by atoms with E-state index in [1.807, 2.05) is 12.1 Å². The number of nitrogens with one attached hydrogen (secondary N) is 1. The summed E-state index contributed by atoms with van der Waals surface area (Å²) in [5.74, 6) is 1.53. The van der Waals surface area contributed by atoms with Crippen LogP contribution in [0.5, 0.6) is 0 Å². The molecule has 0 amide bonds. The second-order valence-corrected chi connectivity index (χ2v) is 3.41. The van der Waals surface area contributed by atoms with Gasteiger partial charge in [0.25, 0.3) is 0 Å². The van der Waals surface area contributed by atoms with E-state index in [0.717, 1.165) is 18.8 Å². The normalized spacial score (nSPS) is 10.7. The molecule has 0 aliphatic carbocycles. The monoisotopic (exact) mass is 197 g/mol. The number of furan rings is 1. The number of rotatable bonds is 7. The van der Waals surface area contributed by atoms with Crippen LogP contribution in [0.4, 0.5) is 0 Å². The summed E-state index contributed by atoms with van der Waals surface area (Å²) in [5, 5.41) is 12.1. The Balaban J connectivity index is 2.12. The van der Waals surface area contributed by atoms with Gasteiger partial charge in [-0.15, -0.1) is 0 Å². The van der Waals surface area contributed by atoms with Crippen LogP contribution in [-0.2, 0) is 13.2 Å². The van der Waals surface area contributed by atoms with Crippen molar-refractivity contribution in [2.24, 2.45) is 0 Å². The Hall–Kier alpha value is -0.800. The molecule has 0 saturated heterocycles. The molecule has 0 aliphatic rings. The highest BCUT2D eigenvalue weighted by Gasteiger charge is 1.99. The molecular weight excluding hydrogens is 178 g/mol. The van der Waals surface area contributed by atoms with Crippen LogP contribution >= 0.6 is 0 Å². The average Bonchev–Trinajstić information content (AvgIpc) is 2.65. The van der Waals surface area contributed by atoms with Crippen molar-refractivity contribution in [2.75, 3.05) is 6.54 Å². The highest BCUT2D eigenvalue weighted by Crippen LogP contribution is 2.07. The summed E-state index contributed by atoms with van der Waals surface area (Å²) in [4.78, 5) is 0. The molecule has 0 saturated carbocycles. The van der Waals surface area contributed by atoms with E-state index in [0.29, 0.717) is 5.76 Å². The molecule has 1 aromatic heterocycles. The fourth-order valence-electron chi connectivity index (χ4n) is 1.31. The molecule has 2 N–H and O–H groups in total.